The molecule has 0 aliphatic rings. The second-order valence-corrected chi connectivity index (χ2v) is 6.39. The van der Waals surface area contributed by atoms with Crippen molar-refractivity contribution in [1.82, 2.24) is 24.5 Å². The van der Waals surface area contributed by atoms with Gasteiger partial charge in [0.05, 0.1) is 22.9 Å². The summed E-state index contributed by atoms with van der Waals surface area (Å²) >= 11 is 3.37. The van der Waals surface area contributed by atoms with E-state index in [1.807, 2.05) is 26.0 Å². The molecule has 0 aliphatic heterocycles. The smallest absolute Gasteiger partial charge is 0.248 e. The van der Waals surface area contributed by atoms with Crippen LogP contribution < -0.4 is 5.32 Å². The molecule has 0 saturated carbocycles. The van der Waals surface area contributed by atoms with E-state index >= 15 is 0 Å². The second kappa shape index (κ2) is 6.96. The first-order valence-corrected chi connectivity index (χ1v) is 8.23. The zero-order valence-electron chi connectivity index (χ0n) is 13.4. The van der Waals surface area contributed by atoms with Crippen molar-refractivity contribution < 1.29 is 4.79 Å². The molecule has 0 unspecified atom stereocenters. The van der Waals surface area contributed by atoms with E-state index in [-0.39, 0.29) is 18.4 Å². The van der Waals surface area contributed by atoms with Gasteiger partial charge >= 0.3 is 0 Å². The summed E-state index contributed by atoms with van der Waals surface area (Å²) in [7, 11) is 0. The topological polar surface area (TPSA) is 77.6 Å². The molecule has 24 heavy (non-hydrogen) atoms. The summed E-state index contributed by atoms with van der Waals surface area (Å²) in [5.41, 5.74) is 3.23. The number of hydrogen-bond acceptors (Lipinski definition) is 4. The zero-order valence-corrected chi connectivity index (χ0v) is 15.0. The van der Waals surface area contributed by atoms with Crippen molar-refractivity contribution >= 4 is 27.8 Å². The molecule has 0 bridgehead atoms. The van der Waals surface area contributed by atoms with Crippen LogP contribution in [-0.2, 0) is 17.9 Å². The van der Waals surface area contributed by atoms with Crippen molar-refractivity contribution in [3.05, 3.63) is 58.1 Å². The summed E-state index contributed by atoms with van der Waals surface area (Å²) in [5, 5.41) is 11.1. The molecule has 0 atom stereocenters. The first kappa shape index (κ1) is 16.4. The maximum Gasteiger partial charge on any atom is 0.248 e. The Bertz CT molecular complexity index is 852. The maximum absolute atomic E-state index is 12.1. The number of aromatic nitrogens is 5. The van der Waals surface area contributed by atoms with Gasteiger partial charge in [0.1, 0.15) is 12.9 Å². The summed E-state index contributed by atoms with van der Waals surface area (Å²) in [6, 6.07) is 8.21. The fourth-order valence-corrected chi connectivity index (χ4v) is 2.49. The molecule has 3 rings (SSSR count). The summed E-state index contributed by atoms with van der Waals surface area (Å²) in [4.78, 5) is 16.2. The molecule has 0 aliphatic carbocycles. The van der Waals surface area contributed by atoms with Crippen molar-refractivity contribution in [2.24, 2.45) is 0 Å². The molecule has 7 nitrogen and oxygen atoms in total. The van der Waals surface area contributed by atoms with Gasteiger partial charge in [0.15, 0.2) is 0 Å². The first-order valence-electron chi connectivity index (χ1n) is 7.44. The van der Waals surface area contributed by atoms with Crippen molar-refractivity contribution in [3.8, 4) is 0 Å². The van der Waals surface area contributed by atoms with E-state index in [0.717, 1.165) is 15.7 Å². The molecule has 3 aromatic rings. The van der Waals surface area contributed by atoms with Crippen molar-refractivity contribution in [1.29, 1.82) is 0 Å². The minimum atomic E-state index is -0.221. The molecule has 0 fully saturated rings. The van der Waals surface area contributed by atoms with Crippen molar-refractivity contribution in [2.45, 2.75) is 26.9 Å². The van der Waals surface area contributed by atoms with Gasteiger partial charge in [-0.15, -0.1) is 5.10 Å². The summed E-state index contributed by atoms with van der Waals surface area (Å²) in [5.74, 6) is 0.0674. The van der Waals surface area contributed by atoms with Crippen molar-refractivity contribution in [3.63, 3.8) is 0 Å². The molecular weight excluding hydrogens is 372 g/mol. The summed E-state index contributed by atoms with van der Waals surface area (Å²) in [6.45, 7) is 4.66. The van der Waals surface area contributed by atoms with Gasteiger partial charge in [-0.25, -0.2) is 9.67 Å². The highest BCUT2D eigenvalue weighted by Crippen LogP contribution is 2.14. The standard InChI is InChI=1S/C16H17BrN6O/c1-11-3-5-13(6-4-11)8-22-10-18-16(21-22)20-15(24)9-23-12(2)14(17)7-19-23/h3-7,10H,8-9H2,1-2H3,(H,20,21,24). The number of aryl methyl sites for hydroxylation is 1. The van der Waals surface area contributed by atoms with Crippen molar-refractivity contribution in [2.75, 3.05) is 5.32 Å². The highest BCUT2D eigenvalue weighted by atomic mass is 79.9. The molecule has 124 valence electrons. The van der Waals surface area contributed by atoms with Crippen LogP contribution in [0.5, 0.6) is 0 Å². The van der Waals surface area contributed by atoms with Crippen LogP contribution in [0.25, 0.3) is 0 Å². The van der Waals surface area contributed by atoms with Gasteiger partial charge < -0.3 is 0 Å². The molecule has 1 aromatic carbocycles. The molecule has 0 spiro atoms. The third-order valence-electron chi connectivity index (χ3n) is 3.59. The van der Waals surface area contributed by atoms with E-state index in [9.17, 15) is 4.79 Å². The Labute approximate surface area is 147 Å². The highest BCUT2D eigenvalue weighted by molar-refractivity contribution is 9.10. The summed E-state index contributed by atoms with van der Waals surface area (Å²) in [6.07, 6.45) is 3.27. The second-order valence-electron chi connectivity index (χ2n) is 5.54. The normalized spacial score (nSPS) is 10.8. The molecule has 0 radical (unpaired) electrons. The van der Waals surface area contributed by atoms with E-state index in [4.69, 9.17) is 0 Å². The molecule has 1 N–H and O–H groups in total. The lowest BCUT2D eigenvalue weighted by molar-refractivity contribution is -0.117. The Morgan fingerprint density at radius 1 is 1.25 bits per heavy atom. The third kappa shape index (κ3) is 3.88. The number of benzene rings is 1. The Hall–Kier alpha value is -2.48. The maximum atomic E-state index is 12.1. The zero-order chi connectivity index (χ0) is 17.1. The van der Waals surface area contributed by atoms with E-state index in [2.05, 4.69) is 48.6 Å². The monoisotopic (exact) mass is 388 g/mol. The van der Waals surface area contributed by atoms with Crippen LogP contribution in [0, 0.1) is 13.8 Å². The number of hydrogen-bond donors (Lipinski definition) is 1. The fourth-order valence-electron chi connectivity index (χ4n) is 2.19. The van der Waals surface area contributed by atoms with Gasteiger partial charge in [-0.1, -0.05) is 29.8 Å². The third-order valence-corrected chi connectivity index (χ3v) is 4.37. The number of nitrogens with zero attached hydrogens (tertiary/aromatic N) is 5. The predicted molar refractivity (Wildman–Crippen MR) is 93.6 cm³/mol. The number of halogens is 1. The van der Waals surface area contributed by atoms with Gasteiger partial charge in [0.25, 0.3) is 0 Å². The molecule has 1 amide bonds. The molecule has 2 heterocycles. The van der Waals surface area contributed by atoms with E-state index in [1.54, 1.807) is 21.9 Å². The Balaban J connectivity index is 1.60. The predicted octanol–water partition coefficient (Wildman–Crippen LogP) is 2.54. The van der Waals surface area contributed by atoms with Gasteiger partial charge in [-0.3, -0.25) is 14.8 Å². The number of nitrogens with one attached hydrogen (secondary N) is 1. The minimum Gasteiger partial charge on any atom is -0.292 e. The van der Waals surface area contributed by atoms with Crippen LogP contribution >= 0.6 is 15.9 Å². The number of carbonyl (C=O) groups excluding carboxylic acids is 1. The fraction of sp³-hybridized carbons (Fsp3) is 0.250. The van der Waals surface area contributed by atoms with Gasteiger partial charge in [0.2, 0.25) is 11.9 Å². The van der Waals surface area contributed by atoms with Crippen LogP contribution in [0.4, 0.5) is 5.95 Å². The minimum absolute atomic E-state index is 0.115. The first-order chi connectivity index (χ1) is 11.5. The number of rotatable bonds is 5. The SMILES string of the molecule is Cc1ccc(Cn2cnc(NC(=O)Cn3ncc(Br)c3C)n2)cc1. The average molecular weight is 389 g/mol. The van der Waals surface area contributed by atoms with Gasteiger partial charge in [0, 0.05) is 0 Å². The van der Waals surface area contributed by atoms with Crippen LogP contribution in [-0.4, -0.2) is 30.5 Å². The van der Waals surface area contributed by atoms with E-state index in [1.165, 1.54) is 5.56 Å². The summed E-state index contributed by atoms with van der Waals surface area (Å²) < 4.78 is 4.18. The quantitative estimate of drug-likeness (QED) is 0.728. The van der Waals surface area contributed by atoms with Gasteiger partial charge in [-0.05, 0) is 35.3 Å². The number of anilines is 1. The lowest BCUT2D eigenvalue weighted by atomic mass is 10.1. The highest BCUT2D eigenvalue weighted by Gasteiger charge is 2.11. The Morgan fingerprint density at radius 3 is 2.67 bits per heavy atom. The molecule has 8 heteroatoms. The lowest BCUT2D eigenvalue weighted by Crippen LogP contribution is -2.21. The largest absolute Gasteiger partial charge is 0.292 e. The van der Waals surface area contributed by atoms with E-state index < -0.39 is 0 Å². The molecule has 2 aromatic heterocycles. The van der Waals surface area contributed by atoms with Crippen LogP contribution in [0.15, 0.2) is 41.3 Å². The average Bonchev–Trinajstić information content (AvgIpc) is 3.11. The van der Waals surface area contributed by atoms with Gasteiger partial charge in [-0.2, -0.15) is 5.10 Å². The molecular formula is C16H17BrN6O. The number of amides is 1. The van der Waals surface area contributed by atoms with E-state index in [0.29, 0.717) is 6.54 Å². The molecule has 0 saturated heterocycles. The number of carbonyl (C=O) groups is 1. The Morgan fingerprint density at radius 2 is 2.00 bits per heavy atom. The van der Waals surface area contributed by atoms with Crippen LogP contribution in [0.2, 0.25) is 0 Å². The Kier molecular flexibility index (Phi) is 4.75. The van der Waals surface area contributed by atoms with Crippen LogP contribution in [0.3, 0.4) is 0 Å². The lowest BCUT2D eigenvalue weighted by Gasteiger charge is -2.04. The van der Waals surface area contributed by atoms with Crippen LogP contribution in [0.1, 0.15) is 16.8 Å².